The van der Waals surface area contributed by atoms with Crippen LogP contribution in [-0.4, -0.2) is 53.0 Å². The lowest BCUT2D eigenvalue weighted by Crippen LogP contribution is -2.61. The van der Waals surface area contributed by atoms with E-state index in [9.17, 15) is 9.90 Å². The molecular weight excluding hydrogens is 208 g/mol. The highest BCUT2D eigenvalue weighted by atomic mass is 16.6. The van der Waals surface area contributed by atoms with Crippen LogP contribution in [0.15, 0.2) is 0 Å². The number of rotatable bonds is 1. The van der Waals surface area contributed by atoms with Crippen LogP contribution < -0.4 is 5.32 Å². The van der Waals surface area contributed by atoms with Gasteiger partial charge in [0.25, 0.3) is 0 Å². The van der Waals surface area contributed by atoms with Gasteiger partial charge in [0.1, 0.15) is 5.60 Å². The second-order valence-electron chi connectivity index (χ2n) is 5.54. The monoisotopic (exact) mass is 228 g/mol. The van der Waals surface area contributed by atoms with Crippen molar-refractivity contribution in [3.8, 4) is 0 Å². The molecule has 3 atom stereocenters. The average Bonchev–Trinajstić information content (AvgIpc) is 2.35. The lowest BCUT2D eigenvalue weighted by Gasteiger charge is -2.38. The molecule has 0 aromatic rings. The maximum atomic E-state index is 12.0. The first-order valence-corrected chi connectivity index (χ1v) is 5.78. The van der Waals surface area contributed by atoms with Crippen LogP contribution in [0.25, 0.3) is 0 Å². The summed E-state index contributed by atoms with van der Waals surface area (Å²) in [6, 6.07) is 0.441. The number of likely N-dealkylation sites (tertiary alicyclic amines) is 1. The van der Waals surface area contributed by atoms with Gasteiger partial charge in [-0.1, -0.05) is 0 Å². The summed E-state index contributed by atoms with van der Waals surface area (Å²) in [5.41, 5.74) is -0.480. The maximum absolute atomic E-state index is 12.0. The second-order valence-corrected chi connectivity index (χ2v) is 5.54. The van der Waals surface area contributed by atoms with Gasteiger partial charge in [-0.05, 0) is 27.2 Å². The molecule has 5 nitrogen and oxygen atoms in total. The van der Waals surface area contributed by atoms with Gasteiger partial charge in [0.15, 0.2) is 0 Å². The first-order valence-electron chi connectivity index (χ1n) is 5.78. The Morgan fingerprint density at radius 2 is 2.25 bits per heavy atom. The molecule has 2 N–H and O–H groups in total. The Balaban J connectivity index is 2.04. The molecule has 0 aliphatic carbocycles. The number of nitrogens with zero attached hydrogens (tertiary/aromatic N) is 1. The molecule has 0 spiro atoms. The van der Waals surface area contributed by atoms with E-state index in [1.165, 1.54) is 0 Å². The minimum Gasteiger partial charge on any atom is -0.444 e. The van der Waals surface area contributed by atoms with Crippen LogP contribution >= 0.6 is 0 Å². The van der Waals surface area contributed by atoms with Gasteiger partial charge >= 0.3 is 6.09 Å². The van der Waals surface area contributed by atoms with Crippen LogP contribution in [0.1, 0.15) is 27.2 Å². The Kier molecular flexibility index (Phi) is 2.84. The standard InChI is InChI=1S/C11H20N2O3/c1-11(2,3)16-10(15)13-7(6-14)4-8-9(13)5-12-8/h7-9,12,14H,4-6H2,1-3H3. The Morgan fingerprint density at radius 3 is 2.69 bits per heavy atom. The quantitative estimate of drug-likeness (QED) is 0.679. The number of aliphatic hydroxyl groups excluding tert-OH is 1. The Morgan fingerprint density at radius 1 is 1.56 bits per heavy atom. The number of amides is 1. The van der Waals surface area contributed by atoms with Crippen molar-refractivity contribution >= 4 is 6.09 Å². The van der Waals surface area contributed by atoms with Crippen molar-refractivity contribution in [1.82, 2.24) is 10.2 Å². The van der Waals surface area contributed by atoms with E-state index < -0.39 is 5.60 Å². The average molecular weight is 228 g/mol. The highest BCUT2D eigenvalue weighted by molar-refractivity contribution is 5.70. The summed E-state index contributed by atoms with van der Waals surface area (Å²) >= 11 is 0. The van der Waals surface area contributed by atoms with E-state index in [4.69, 9.17) is 4.74 Å². The van der Waals surface area contributed by atoms with Gasteiger partial charge in [-0.25, -0.2) is 4.79 Å². The van der Waals surface area contributed by atoms with Crippen molar-refractivity contribution < 1.29 is 14.6 Å². The lowest BCUT2D eigenvalue weighted by atomic mass is 10.0. The molecule has 2 aliphatic heterocycles. The molecule has 0 bridgehead atoms. The fourth-order valence-electron chi connectivity index (χ4n) is 2.36. The van der Waals surface area contributed by atoms with Gasteiger partial charge in [0.05, 0.1) is 18.7 Å². The highest BCUT2D eigenvalue weighted by Gasteiger charge is 2.49. The molecule has 16 heavy (non-hydrogen) atoms. The third-order valence-electron chi connectivity index (χ3n) is 3.15. The molecule has 0 aromatic carbocycles. The molecule has 0 saturated carbocycles. The normalized spacial score (nSPS) is 33.2. The summed E-state index contributed by atoms with van der Waals surface area (Å²) in [7, 11) is 0. The van der Waals surface area contributed by atoms with Crippen molar-refractivity contribution in [2.24, 2.45) is 0 Å². The van der Waals surface area contributed by atoms with Gasteiger partial charge in [-0.3, -0.25) is 4.90 Å². The van der Waals surface area contributed by atoms with Crippen molar-refractivity contribution in [3.63, 3.8) is 0 Å². The summed E-state index contributed by atoms with van der Waals surface area (Å²) in [6.45, 7) is 6.37. The van der Waals surface area contributed by atoms with E-state index in [0.717, 1.165) is 13.0 Å². The molecule has 3 unspecified atom stereocenters. The highest BCUT2D eigenvalue weighted by Crippen LogP contribution is 2.30. The Bertz CT molecular complexity index is 287. The number of hydrogen-bond acceptors (Lipinski definition) is 4. The number of ether oxygens (including phenoxy) is 1. The second kappa shape index (κ2) is 3.89. The first-order chi connectivity index (χ1) is 7.42. The van der Waals surface area contributed by atoms with Crippen molar-refractivity contribution in [2.75, 3.05) is 13.2 Å². The number of fused-ring (bicyclic) bond motifs is 1. The zero-order chi connectivity index (χ0) is 11.9. The van der Waals surface area contributed by atoms with E-state index >= 15 is 0 Å². The minimum absolute atomic E-state index is 0.00786. The predicted molar refractivity (Wildman–Crippen MR) is 59.1 cm³/mol. The van der Waals surface area contributed by atoms with E-state index in [-0.39, 0.29) is 24.8 Å². The summed E-state index contributed by atoms with van der Waals surface area (Å²) in [6.07, 6.45) is 0.515. The van der Waals surface area contributed by atoms with E-state index in [0.29, 0.717) is 6.04 Å². The van der Waals surface area contributed by atoms with Crippen LogP contribution in [0.2, 0.25) is 0 Å². The SMILES string of the molecule is CC(C)(C)OC(=O)N1C(CO)CC2NCC21. The van der Waals surface area contributed by atoms with Crippen LogP contribution in [0.4, 0.5) is 4.79 Å². The molecule has 5 heteroatoms. The fraction of sp³-hybridized carbons (Fsp3) is 0.909. The van der Waals surface area contributed by atoms with Crippen molar-refractivity contribution in [2.45, 2.75) is 50.9 Å². The largest absolute Gasteiger partial charge is 0.444 e. The molecule has 0 radical (unpaired) electrons. The van der Waals surface area contributed by atoms with Gasteiger partial charge in [-0.2, -0.15) is 0 Å². The molecule has 1 amide bonds. The number of aliphatic hydroxyl groups is 1. The molecular formula is C11H20N2O3. The van der Waals surface area contributed by atoms with E-state index in [2.05, 4.69) is 5.32 Å². The summed E-state index contributed by atoms with van der Waals surface area (Å²) in [5.74, 6) is 0. The van der Waals surface area contributed by atoms with E-state index in [1.807, 2.05) is 20.8 Å². The molecule has 2 fully saturated rings. The topological polar surface area (TPSA) is 61.8 Å². The number of nitrogens with one attached hydrogen (secondary N) is 1. The number of hydrogen-bond donors (Lipinski definition) is 2. The van der Waals surface area contributed by atoms with Gasteiger partial charge in [-0.15, -0.1) is 0 Å². The lowest BCUT2D eigenvalue weighted by molar-refractivity contribution is 0.00405. The van der Waals surface area contributed by atoms with E-state index in [1.54, 1.807) is 4.90 Å². The predicted octanol–water partition coefficient (Wildman–Crippen LogP) is 0.328. The zero-order valence-electron chi connectivity index (χ0n) is 10.1. The molecule has 2 aliphatic rings. The third kappa shape index (κ3) is 2.01. The van der Waals surface area contributed by atoms with Crippen molar-refractivity contribution in [1.29, 1.82) is 0 Å². The summed E-state index contributed by atoms with van der Waals surface area (Å²) < 4.78 is 5.35. The smallest absolute Gasteiger partial charge is 0.410 e. The summed E-state index contributed by atoms with van der Waals surface area (Å²) in [5, 5.41) is 12.5. The van der Waals surface area contributed by atoms with Crippen LogP contribution in [-0.2, 0) is 4.74 Å². The van der Waals surface area contributed by atoms with Crippen LogP contribution in [0.5, 0.6) is 0 Å². The number of carbonyl (C=O) groups excluding carboxylic acids is 1. The van der Waals surface area contributed by atoms with Crippen molar-refractivity contribution in [3.05, 3.63) is 0 Å². The molecule has 92 valence electrons. The third-order valence-corrected chi connectivity index (χ3v) is 3.15. The molecule has 2 rings (SSSR count). The Hall–Kier alpha value is -0.810. The fourth-order valence-corrected chi connectivity index (χ4v) is 2.36. The minimum atomic E-state index is -0.480. The van der Waals surface area contributed by atoms with Gasteiger partial charge in [0, 0.05) is 12.6 Å². The zero-order valence-corrected chi connectivity index (χ0v) is 10.1. The Labute approximate surface area is 95.8 Å². The molecule has 0 aromatic heterocycles. The van der Waals surface area contributed by atoms with Gasteiger partial charge in [0.2, 0.25) is 0 Å². The molecule has 2 saturated heterocycles. The van der Waals surface area contributed by atoms with Crippen LogP contribution in [0.3, 0.4) is 0 Å². The van der Waals surface area contributed by atoms with Gasteiger partial charge < -0.3 is 15.2 Å². The maximum Gasteiger partial charge on any atom is 0.410 e. The summed E-state index contributed by atoms with van der Waals surface area (Å²) in [4.78, 5) is 13.7. The first kappa shape index (κ1) is 11.7. The van der Waals surface area contributed by atoms with Crippen LogP contribution in [0, 0.1) is 0 Å². The molecule has 2 heterocycles. The number of carbonyl (C=O) groups is 1.